The smallest absolute Gasteiger partial charge is 0.194 e. The third kappa shape index (κ3) is 4.27. The summed E-state index contributed by atoms with van der Waals surface area (Å²) in [7, 11) is 0. The second-order valence-electron chi connectivity index (χ2n) is 8.76. The number of halogens is 1. The SMILES string of the molecule is CC[C@@H]1CCC[C@H](N(c2cnc(-c3ccc(-c4cnc(C#N)s4)cc3O)nn2)C2CC2)[C@@H]1F. The Balaban J connectivity index is 1.39. The number of hydrogen-bond donors (Lipinski definition) is 1. The zero-order valence-corrected chi connectivity index (χ0v) is 19.2. The largest absolute Gasteiger partial charge is 0.507 e. The standard InChI is InChI=1S/C24H25FN6OS/c1-2-14-4-3-5-18(23(14)25)31(16-7-8-16)21-13-28-24(30-29-21)17-9-6-15(10-19(17)32)20-12-27-22(11-26)33-20/h6,9-10,12-14,16,18,23,32H,2-5,7-8H2,1H3/t14-,18+,23-/m1/s1. The molecule has 3 aromatic rings. The Hall–Kier alpha value is -3.12. The molecule has 1 N–H and O–H groups in total. The number of rotatable bonds is 6. The fourth-order valence-corrected chi connectivity index (χ4v) is 5.48. The number of anilines is 1. The Bertz CT molecular complexity index is 1170. The van der Waals surface area contributed by atoms with E-state index in [4.69, 9.17) is 5.26 Å². The molecule has 9 heteroatoms. The summed E-state index contributed by atoms with van der Waals surface area (Å²) in [5.74, 6) is 1.04. The van der Waals surface area contributed by atoms with Crippen molar-refractivity contribution in [3.8, 4) is 33.6 Å². The van der Waals surface area contributed by atoms with E-state index in [0.29, 0.717) is 28.3 Å². The Morgan fingerprint density at radius 1 is 1.18 bits per heavy atom. The van der Waals surface area contributed by atoms with E-state index in [1.807, 2.05) is 12.1 Å². The molecule has 33 heavy (non-hydrogen) atoms. The number of phenolic OH excluding ortho intramolecular Hbond substituents is 1. The summed E-state index contributed by atoms with van der Waals surface area (Å²) in [5.41, 5.74) is 1.23. The molecule has 0 aliphatic heterocycles. The van der Waals surface area contributed by atoms with Crippen LogP contribution in [0.1, 0.15) is 50.5 Å². The highest BCUT2D eigenvalue weighted by Crippen LogP contribution is 2.40. The molecule has 3 atom stereocenters. The van der Waals surface area contributed by atoms with Crippen molar-refractivity contribution < 1.29 is 9.50 Å². The Morgan fingerprint density at radius 3 is 2.67 bits per heavy atom. The first kappa shape index (κ1) is 21.7. The molecule has 0 spiro atoms. The molecule has 2 heterocycles. The lowest BCUT2D eigenvalue weighted by atomic mass is 9.81. The maximum Gasteiger partial charge on any atom is 0.194 e. The third-order valence-electron chi connectivity index (χ3n) is 6.65. The van der Waals surface area contributed by atoms with E-state index < -0.39 is 6.17 Å². The molecule has 5 rings (SSSR count). The summed E-state index contributed by atoms with van der Waals surface area (Å²) in [6.07, 6.45) is 8.14. The van der Waals surface area contributed by atoms with Crippen molar-refractivity contribution >= 4 is 17.2 Å². The van der Waals surface area contributed by atoms with Crippen molar-refractivity contribution in [1.82, 2.24) is 20.2 Å². The zero-order valence-electron chi connectivity index (χ0n) is 18.4. The highest BCUT2D eigenvalue weighted by Gasteiger charge is 2.42. The van der Waals surface area contributed by atoms with Crippen LogP contribution in [0.15, 0.2) is 30.6 Å². The number of hydrogen-bond acceptors (Lipinski definition) is 8. The van der Waals surface area contributed by atoms with Gasteiger partial charge >= 0.3 is 0 Å². The lowest BCUT2D eigenvalue weighted by Crippen LogP contribution is -2.49. The molecule has 170 valence electrons. The highest BCUT2D eigenvalue weighted by molar-refractivity contribution is 7.15. The molecule has 7 nitrogen and oxygen atoms in total. The number of thiazole rings is 1. The first-order valence-corrected chi connectivity index (χ1v) is 12.2. The molecular formula is C24H25FN6OS. The van der Waals surface area contributed by atoms with Crippen LogP contribution in [0.2, 0.25) is 0 Å². The average molecular weight is 465 g/mol. The van der Waals surface area contributed by atoms with Crippen molar-refractivity contribution in [3.63, 3.8) is 0 Å². The Kier molecular flexibility index (Phi) is 5.94. The fourth-order valence-electron chi connectivity index (χ4n) is 4.77. The summed E-state index contributed by atoms with van der Waals surface area (Å²) in [5, 5.41) is 28.6. The number of phenols is 1. The minimum atomic E-state index is -0.865. The zero-order chi connectivity index (χ0) is 22.9. The summed E-state index contributed by atoms with van der Waals surface area (Å²) >= 11 is 1.26. The third-order valence-corrected chi connectivity index (χ3v) is 7.60. The molecule has 2 saturated carbocycles. The molecule has 0 amide bonds. The van der Waals surface area contributed by atoms with Gasteiger partial charge in [-0.05, 0) is 49.3 Å². The van der Waals surface area contributed by atoms with E-state index in [2.05, 4.69) is 32.0 Å². The van der Waals surface area contributed by atoms with Gasteiger partial charge in [0.15, 0.2) is 16.6 Å². The topological polar surface area (TPSA) is 98.8 Å². The van der Waals surface area contributed by atoms with E-state index in [1.54, 1.807) is 24.5 Å². The molecular weight excluding hydrogens is 439 g/mol. The van der Waals surface area contributed by atoms with Crippen LogP contribution >= 0.6 is 11.3 Å². The van der Waals surface area contributed by atoms with Gasteiger partial charge in [-0.25, -0.2) is 14.4 Å². The summed E-state index contributed by atoms with van der Waals surface area (Å²) < 4.78 is 15.3. The quantitative estimate of drug-likeness (QED) is 0.540. The van der Waals surface area contributed by atoms with Crippen LogP contribution < -0.4 is 4.90 Å². The van der Waals surface area contributed by atoms with Gasteiger partial charge in [0.1, 0.15) is 18.0 Å². The van der Waals surface area contributed by atoms with Gasteiger partial charge < -0.3 is 10.0 Å². The lowest BCUT2D eigenvalue weighted by molar-refractivity contribution is 0.130. The molecule has 0 bridgehead atoms. The molecule has 2 aliphatic rings. The van der Waals surface area contributed by atoms with Crippen LogP contribution in [-0.2, 0) is 0 Å². The van der Waals surface area contributed by atoms with Crippen molar-refractivity contribution in [1.29, 1.82) is 5.26 Å². The second kappa shape index (κ2) is 9.02. The first-order chi connectivity index (χ1) is 16.1. The molecule has 2 fully saturated rings. The van der Waals surface area contributed by atoms with Crippen LogP contribution in [0, 0.1) is 17.2 Å². The monoisotopic (exact) mass is 464 g/mol. The number of aromatic nitrogens is 4. The molecule has 0 saturated heterocycles. The fraction of sp³-hybridized carbons (Fsp3) is 0.458. The van der Waals surface area contributed by atoms with E-state index in [0.717, 1.165) is 49.0 Å². The van der Waals surface area contributed by atoms with Gasteiger partial charge in [0, 0.05) is 12.2 Å². The molecule has 0 unspecified atom stereocenters. The van der Waals surface area contributed by atoms with Gasteiger partial charge in [0.25, 0.3) is 0 Å². The number of nitrogens with zero attached hydrogens (tertiary/aromatic N) is 6. The van der Waals surface area contributed by atoms with Gasteiger partial charge in [0.2, 0.25) is 0 Å². The van der Waals surface area contributed by atoms with E-state index in [-0.39, 0.29) is 17.7 Å². The predicted octanol–water partition coefficient (Wildman–Crippen LogP) is 5.12. The van der Waals surface area contributed by atoms with Crippen molar-refractivity contribution in [2.24, 2.45) is 5.92 Å². The normalized spacial score (nSPS) is 22.6. The van der Waals surface area contributed by atoms with Crippen molar-refractivity contribution in [2.45, 2.75) is 63.7 Å². The minimum absolute atomic E-state index is 0.0231. The maximum absolute atomic E-state index is 15.3. The van der Waals surface area contributed by atoms with E-state index >= 15 is 4.39 Å². The van der Waals surface area contributed by atoms with Crippen LogP contribution in [0.25, 0.3) is 21.8 Å². The minimum Gasteiger partial charge on any atom is -0.507 e. The van der Waals surface area contributed by atoms with Crippen LogP contribution in [0.3, 0.4) is 0 Å². The number of benzene rings is 1. The lowest BCUT2D eigenvalue weighted by Gasteiger charge is -2.40. The molecule has 0 radical (unpaired) electrons. The highest BCUT2D eigenvalue weighted by atomic mass is 32.1. The second-order valence-corrected chi connectivity index (χ2v) is 9.79. The van der Waals surface area contributed by atoms with Crippen molar-refractivity contribution in [2.75, 3.05) is 4.90 Å². The number of alkyl halides is 1. The number of nitriles is 1. The summed E-state index contributed by atoms with van der Waals surface area (Å²) in [6.45, 7) is 2.06. The summed E-state index contributed by atoms with van der Waals surface area (Å²) in [6, 6.07) is 7.31. The predicted molar refractivity (Wildman–Crippen MR) is 125 cm³/mol. The average Bonchev–Trinajstić information content (AvgIpc) is 3.55. The Morgan fingerprint density at radius 2 is 2.03 bits per heavy atom. The van der Waals surface area contributed by atoms with Crippen LogP contribution in [0.5, 0.6) is 5.75 Å². The van der Waals surface area contributed by atoms with Crippen molar-refractivity contribution in [3.05, 3.63) is 35.6 Å². The van der Waals surface area contributed by atoms with Crippen LogP contribution in [-0.4, -0.2) is 43.5 Å². The first-order valence-electron chi connectivity index (χ1n) is 11.4. The van der Waals surface area contributed by atoms with E-state index in [9.17, 15) is 5.11 Å². The van der Waals surface area contributed by atoms with Gasteiger partial charge in [-0.15, -0.1) is 21.5 Å². The van der Waals surface area contributed by atoms with Crippen LogP contribution in [0.4, 0.5) is 10.2 Å². The van der Waals surface area contributed by atoms with Gasteiger partial charge in [0.05, 0.1) is 22.7 Å². The Labute approximate surface area is 196 Å². The van der Waals surface area contributed by atoms with Gasteiger partial charge in [-0.3, -0.25) is 0 Å². The molecule has 2 aliphatic carbocycles. The summed E-state index contributed by atoms with van der Waals surface area (Å²) in [4.78, 5) is 11.4. The number of aromatic hydroxyl groups is 1. The van der Waals surface area contributed by atoms with Gasteiger partial charge in [-0.2, -0.15) is 5.26 Å². The maximum atomic E-state index is 15.3. The molecule has 1 aromatic carbocycles. The molecule has 2 aromatic heterocycles. The van der Waals surface area contributed by atoms with E-state index in [1.165, 1.54) is 11.3 Å². The van der Waals surface area contributed by atoms with Gasteiger partial charge in [-0.1, -0.05) is 25.8 Å².